The molecule has 0 unspecified atom stereocenters. The van der Waals surface area contributed by atoms with Crippen LogP contribution in [0.1, 0.15) is 0 Å². The van der Waals surface area contributed by atoms with E-state index in [4.69, 9.17) is 14.9 Å². The lowest BCUT2D eigenvalue weighted by atomic mass is 10.2. The normalized spacial score (nSPS) is 10.8. The molecular formula is C15H15N3O3. The van der Waals surface area contributed by atoms with E-state index < -0.39 is 5.76 Å². The summed E-state index contributed by atoms with van der Waals surface area (Å²) in [6, 6.07) is 11.0. The van der Waals surface area contributed by atoms with Gasteiger partial charge in [-0.25, -0.2) is 4.79 Å². The average molecular weight is 285 g/mol. The standard InChI is InChI=1S/C15H15N3O3/c1-18(11-5-3-4-6-13(11)20-2)12-8-10-14(7-9(12)16)21-15(19)17-10/h3-8H,16H2,1-2H3,(H,17,19). The highest BCUT2D eigenvalue weighted by atomic mass is 16.5. The predicted octanol–water partition coefficient (Wildman–Crippen LogP) is 2.48. The number of aromatic nitrogens is 1. The third kappa shape index (κ3) is 2.20. The van der Waals surface area contributed by atoms with E-state index in [1.54, 1.807) is 19.2 Å². The van der Waals surface area contributed by atoms with Gasteiger partial charge < -0.3 is 19.8 Å². The Labute approximate surface area is 120 Å². The second kappa shape index (κ2) is 4.90. The maximum atomic E-state index is 11.3. The molecule has 3 aromatic rings. The zero-order valence-corrected chi connectivity index (χ0v) is 11.7. The van der Waals surface area contributed by atoms with Crippen LogP contribution in [0.3, 0.4) is 0 Å². The van der Waals surface area contributed by atoms with Gasteiger partial charge in [0.1, 0.15) is 5.75 Å². The number of nitrogens with zero attached hydrogens (tertiary/aromatic N) is 1. The first kappa shape index (κ1) is 13.1. The predicted molar refractivity (Wildman–Crippen MR) is 82.3 cm³/mol. The first-order valence-electron chi connectivity index (χ1n) is 6.39. The van der Waals surface area contributed by atoms with Crippen LogP contribution in [-0.2, 0) is 0 Å². The minimum atomic E-state index is -0.499. The molecule has 0 fully saturated rings. The maximum absolute atomic E-state index is 11.3. The van der Waals surface area contributed by atoms with Crippen LogP contribution in [0.25, 0.3) is 11.1 Å². The lowest BCUT2D eigenvalue weighted by Gasteiger charge is -2.23. The van der Waals surface area contributed by atoms with Crippen LogP contribution in [0.2, 0.25) is 0 Å². The van der Waals surface area contributed by atoms with Crippen LogP contribution in [0.5, 0.6) is 5.75 Å². The monoisotopic (exact) mass is 285 g/mol. The van der Waals surface area contributed by atoms with E-state index in [0.29, 0.717) is 16.8 Å². The Bertz CT molecular complexity index is 851. The molecule has 6 heteroatoms. The molecule has 1 aromatic heterocycles. The summed E-state index contributed by atoms with van der Waals surface area (Å²) in [5.74, 6) is 0.238. The summed E-state index contributed by atoms with van der Waals surface area (Å²) in [5.41, 5.74) is 9.25. The van der Waals surface area contributed by atoms with Crippen LogP contribution in [0, 0.1) is 0 Å². The fraction of sp³-hybridized carbons (Fsp3) is 0.133. The minimum Gasteiger partial charge on any atom is -0.495 e. The number of nitrogen functional groups attached to an aromatic ring is 1. The molecule has 1 heterocycles. The molecule has 0 amide bonds. The topological polar surface area (TPSA) is 84.5 Å². The van der Waals surface area contributed by atoms with Gasteiger partial charge in [0, 0.05) is 13.1 Å². The summed E-state index contributed by atoms with van der Waals surface area (Å²) in [6.45, 7) is 0. The van der Waals surface area contributed by atoms with Gasteiger partial charge >= 0.3 is 5.76 Å². The molecule has 0 saturated carbocycles. The van der Waals surface area contributed by atoms with Crippen molar-refractivity contribution < 1.29 is 9.15 Å². The van der Waals surface area contributed by atoms with Crippen molar-refractivity contribution in [1.82, 2.24) is 4.98 Å². The fourth-order valence-corrected chi connectivity index (χ4v) is 2.33. The largest absolute Gasteiger partial charge is 0.495 e. The van der Waals surface area contributed by atoms with Gasteiger partial charge in [-0.1, -0.05) is 12.1 Å². The van der Waals surface area contributed by atoms with Gasteiger partial charge in [-0.3, -0.25) is 4.98 Å². The number of H-pyrrole nitrogens is 1. The molecule has 0 saturated heterocycles. The fourth-order valence-electron chi connectivity index (χ4n) is 2.33. The molecule has 3 N–H and O–H groups in total. The van der Waals surface area contributed by atoms with E-state index in [0.717, 1.165) is 17.1 Å². The number of anilines is 3. The number of aromatic amines is 1. The Hall–Kier alpha value is -2.89. The van der Waals surface area contributed by atoms with Crippen LogP contribution >= 0.6 is 0 Å². The number of ether oxygens (including phenoxy) is 1. The van der Waals surface area contributed by atoms with Crippen molar-refractivity contribution in [3.8, 4) is 5.75 Å². The molecule has 0 bridgehead atoms. The molecule has 6 nitrogen and oxygen atoms in total. The van der Waals surface area contributed by atoms with Crippen LogP contribution in [-0.4, -0.2) is 19.1 Å². The van der Waals surface area contributed by atoms with E-state index in [9.17, 15) is 4.79 Å². The van der Waals surface area contributed by atoms with Gasteiger partial charge in [-0.15, -0.1) is 0 Å². The molecule has 3 rings (SSSR count). The number of para-hydroxylation sites is 2. The highest BCUT2D eigenvalue weighted by molar-refractivity contribution is 5.88. The molecule has 0 atom stereocenters. The van der Waals surface area contributed by atoms with Crippen molar-refractivity contribution in [3.05, 3.63) is 46.9 Å². The Morgan fingerprint density at radius 1 is 1.24 bits per heavy atom. The van der Waals surface area contributed by atoms with Crippen molar-refractivity contribution in [2.24, 2.45) is 0 Å². The number of hydrogen-bond acceptors (Lipinski definition) is 5. The maximum Gasteiger partial charge on any atom is 0.417 e. The van der Waals surface area contributed by atoms with Crippen molar-refractivity contribution in [1.29, 1.82) is 0 Å². The minimum absolute atomic E-state index is 0.440. The number of nitrogens with one attached hydrogen (secondary N) is 1. The first-order valence-corrected chi connectivity index (χ1v) is 6.39. The Morgan fingerprint density at radius 2 is 2.00 bits per heavy atom. The molecule has 108 valence electrons. The van der Waals surface area contributed by atoms with Gasteiger partial charge in [0.2, 0.25) is 0 Å². The quantitative estimate of drug-likeness (QED) is 0.722. The molecule has 21 heavy (non-hydrogen) atoms. The first-order chi connectivity index (χ1) is 10.1. The zero-order chi connectivity index (χ0) is 15.0. The number of oxazole rings is 1. The summed E-state index contributed by atoms with van der Waals surface area (Å²) in [7, 11) is 3.50. The van der Waals surface area contributed by atoms with Crippen LogP contribution in [0.4, 0.5) is 17.1 Å². The van der Waals surface area contributed by atoms with Crippen molar-refractivity contribution in [3.63, 3.8) is 0 Å². The van der Waals surface area contributed by atoms with E-state index in [-0.39, 0.29) is 0 Å². The summed E-state index contributed by atoms with van der Waals surface area (Å²) in [5, 5.41) is 0. The third-order valence-corrected chi connectivity index (χ3v) is 3.38. The lowest BCUT2D eigenvalue weighted by Crippen LogP contribution is -2.12. The highest BCUT2D eigenvalue weighted by Crippen LogP contribution is 2.36. The van der Waals surface area contributed by atoms with E-state index in [1.807, 2.05) is 36.2 Å². The zero-order valence-electron chi connectivity index (χ0n) is 11.7. The van der Waals surface area contributed by atoms with Crippen LogP contribution < -0.4 is 21.1 Å². The Morgan fingerprint density at radius 3 is 2.76 bits per heavy atom. The van der Waals surface area contributed by atoms with Gasteiger partial charge in [0.15, 0.2) is 5.58 Å². The van der Waals surface area contributed by atoms with Gasteiger partial charge in [0.05, 0.1) is 29.7 Å². The molecular weight excluding hydrogens is 270 g/mol. The van der Waals surface area contributed by atoms with Gasteiger partial charge in [-0.2, -0.15) is 0 Å². The highest BCUT2D eigenvalue weighted by Gasteiger charge is 2.14. The molecule has 2 aromatic carbocycles. The SMILES string of the molecule is COc1ccccc1N(C)c1cc2[nH]c(=O)oc2cc1N. The van der Waals surface area contributed by atoms with Gasteiger partial charge in [-0.05, 0) is 18.2 Å². The number of methoxy groups -OCH3 is 1. The summed E-state index contributed by atoms with van der Waals surface area (Å²) in [6.07, 6.45) is 0. The number of fused-ring (bicyclic) bond motifs is 1. The second-order valence-corrected chi connectivity index (χ2v) is 4.65. The summed E-state index contributed by atoms with van der Waals surface area (Å²) in [4.78, 5) is 15.8. The summed E-state index contributed by atoms with van der Waals surface area (Å²) >= 11 is 0. The van der Waals surface area contributed by atoms with Gasteiger partial charge in [0.25, 0.3) is 0 Å². The van der Waals surface area contributed by atoms with Crippen molar-refractivity contribution in [2.75, 3.05) is 24.8 Å². The number of hydrogen-bond donors (Lipinski definition) is 2. The lowest BCUT2D eigenvalue weighted by molar-refractivity contribution is 0.415. The number of nitrogens with two attached hydrogens (primary N) is 1. The van der Waals surface area contributed by atoms with E-state index >= 15 is 0 Å². The van der Waals surface area contributed by atoms with E-state index in [1.165, 1.54) is 0 Å². The Balaban J connectivity index is 2.14. The van der Waals surface area contributed by atoms with Crippen molar-refractivity contribution >= 4 is 28.2 Å². The number of benzene rings is 2. The molecule has 0 aliphatic heterocycles. The van der Waals surface area contributed by atoms with Crippen LogP contribution in [0.15, 0.2) is 45.6 Å². The molecule has 0 aliphatic rings. The van der Waals surface area contributed by atoms with E-state index in [2.05, 4.69) is 4.98 Å². The Kier molecular flexibility index (Phi) is 3.06. The number of rotatable bonds is 3. The molecule has 0 radical (unpaired) electrons. The second-order valence-electron chi connectivity index (χ2n) is 4.65. The van der Waals surface area contributed by atoms with Crippen molar-refractivity contribution in [2.45, 2.75) is 0 Å². The summed E-state index contributed by atoms with van der Waals surface area (Å²) < 4.78 is 10.4. The average Bonchev–Trinajstić information content (AvgIpc) is 2.84. The molecule has 0 aliphatic carbocycles. The third-order valence-electron chi connectivity index (χ3n) is 3.38. The smallest absolute Gasteiger partial charge is 0.417 e. The molecule has 0 spiro atoms.